The Kier molecular flexibility index (Phi) is 7.49. The van der Waals surface area contributed by atoms with Crippen molar-refractivity contribution in [3.05, 3.63) is 108 Å². The molecule has 0 amide bonds. The number of methoxy groups -OCH3 is 1. The SMILES string of the molecule is CCOc1cc([C@@H]2C(C(=O)OC)=C(C)NC3=C2C(=O)c2ccccc23)cc(I)c1OCc1ccccc1Cl. The minimum Gasteiger partial charge on any atom is -0.490 e. The molecule has 6 nitrogen and oxygen atoms in total. The molecule has 1 aliphatic heterocycles. The third-order valence-corrected chi connectivity index (χ3v) is 7.82. The van der Waals surface area contributed by atoms with Gasteiger partial charge < -0.3 is 19.5 Å². The molecule has 1 atom stereocenters. The fourth-order valence-electron chi connectivity index (χ4n) is 4.97. The summed E-state index contributed by atoms with van der Waals surface area (Å²) in [5.41, 5.74) is 5.26. The van der Waals surface area contributed by atoms with Gasteiger partial charge in [-0.3, -0.25) is 4.79 Å². The van der Waals surface area contributed by atoms with Crippen LogP contribution in [-0.4, -0.2) is 25.5 Å². The molecule has 0 unspecified atom stereocenters. The van der Waals surface area contributed by atoms with Crippen LogP contribution in [0.1, 0.15) is 46.8 Å². The number of carbonyl (C=O) groups is 2. The Morgan fingerprint density at radius 3 is 2.47 bits per heavy atom. The first kappa shape index (κ1) is 26.3. The molecule has 0 bridgehead atoms. The van der Waals surface area contributed by atoms with Crippen LogP contribution in [0, 0.1) is 3.57 Å². The Morgan fingerprint density at radius 2 is 1.76 bits per heavy atom. The van der Waals surface area contributed by atoms with Gasteiger partial charge in [-0.1, -0.05) is 54.1 Å². The van der Waals surface area contributed by atoms with E-state index in [1.54, 1.807) is 0 Å². The van der Waals surface area contributed by atoms with Gasteiger partial charge in [-0.25, -0.2) is 4.79 Å². The molecule has 0 spiro atoms. The zero-order valence-corrected chi connectivity index (χ0v) is 24.0. The minimum absolute atomic E-state index is 0.117. The molecular formula is C30H25ClINO5. The third kappa shape index (κ3) is 4.58. The number of ketones is 1. The topological polar surface area (TPSA) is 73.9 Å². The van der Waals surface area contributed by atoms with Gasteiger partial charge in [0, 0.05) is 38.9 Å². The van der Waals surface area contributed by atoms with Crippen molar-refractivity contribution in [3.63, 3.8) is 0 Å². The maximum absolute atomic E-state index is 13.7. The van der Waals surface area contributed by atoms with Gasteiger partial charge in [0.25, 0.3) is 0 Å². The van der Waals surface area contributed by atoms with E-state index >= 15 is 0 Å². The Hall–Kier alpha value is -3.30. The zero-order chi connectivity index (χ0) is 27.0. The van der Waals surface area contributed by atoms with Crippen molar-refractivity contribution in [1.29, 1.82) is 0 Å². The molecule has 194 valence electrons. The fourth-order valence-corrected chi connectivity index (χ4v) is 5.94. The number of ether oxygens (including phenoxy) is 3. The van der Waals surface area contributed by atoms with Gasteiger partial charge in [0.2, 0.25) is 0 Å². The maximum atomic E-state index is 13.7. The summed E-state index contributed by atoms with van der Waals surface area (Å²) in [5, 5.41) is 3.93. The summed E-state index contributed by atoms with van der Waals surface area (Å²) in [6, 6.07) is 18.7. The van der Waals surface area contributed by atoms with E-state index < -0.39 is 11.9 Å². The van der Waals surface area contributed by atoms with E-state index in [4.69, 9.17) is 25.8 Å². The van der Waals surface area contributed by atoms with Crippen LogP contribution >= 0.6 is 34.2 Å². The van der Waals surface area contributed by atoms with Crippen molar-refractivity contribution in [3.8, 4) is 11.5 Å². The van der Waals surface area contributed by atoms with Crippen molar-refractivity contribution in [2.24, 2.45) is 0 Å². The summed E-state index contributed by atoms with van der Waals surface area (Å²) in [5.74, 6) is -0.173. The zero-order valence-electron chi connectivity index (χ0n) is 21.1. The van der Waals surface area contributed by atoms with Gasteiger partial charge in [0.1, 0.15) is 6.61 Å². The third-order valence-electron chi connectivity index (χ3n) is 6.65. The molecule has 2 aliphatic rings. The number of hydrogen-bond donors (Lipinski definition) is 1. The molecule has 1 heterocycles. The van der Waals surface area contributed by atoms with Crippen molar-refractivity contribution >= 4 is 51.6 Å². The molecule has 5 rings (SSSR count). The predicted molar refractivity (Wildman–Crippen MR) is 154 cm³/mol. The number of carbonyl (C=O) groups excluding carboxylic acids is 2. The lowest BCUT2D eigenvalue weighted by Gasteiger charge is -2.29. The van der Waals surface area contributed by atoms with Crippen LogP contribution in [0.5, 0.6) is 11.5 Å². The second-order valence-electron chi connectivity index (χ2n) is 8.89. The van der Waals surface area contributed by atoms with Gasteiger partial charge in [-0.2, -0.15) is 0 Å². The summed E-state index contributed by atoms with van der Waals surface area (Å²) >= 11 is 8.53. The normalized spacial score (nSPS) is 16.1. The van der Waals surface area contributed by atoms with E-state index in [9.17, 15) is 9.59 Å². The van der Waals surface area contributed by atoms with Crippen LogP contribution in [0.2, 0.25) is 5.02 Å². The first-order valence-electron chi connectivity index (χ1n) is 12.1. The molecule has 3 aromatic carbocycles. The van der Waals surface area contributed by atoms with Gasteiger partial charge >= 0.3 is 5.97 Å². The Bertz CT molecular complexity index is 1530. The summed E-state index contributed by atoms with van der Waals surface area (Å²) < 4.78 is 18.1. The van der Waals surface area contributed by atoms with Gasteiger partial charge in [-0.15, -0.1) is 0 Å². The second-order valence-corrected chi connectivity index (χ2v) is 10.5. The Balaban J connectivity index is 1.63. The number of dihydropyridines is 1. The number of benzene rings is 3. The molecule has 38 heavy (non-hydrogen) atoms. The van der Waals surface area contributed by atoms with E-state index in [-0.39, 0.29) is 12.4 Å². The Morgan fingerprint density at radius 1 is 1.05 bits per heavy atom. The molecular weight excluding hydrogens is 617 g/mol. The van der Waals surface area contributed by atoms with E-state index in [0.717, 1.165) is 20.3 Å². The van der Waals surface area contributed by atoms with E-state index in [1.807, 2.05) is 74.5 Å². The maximum Gasteiger partial charge on any atom is 0.336 e. The predicted octanol–water partition coefficient (Wildman–Crippen LogP) is 6.66. The van der Waals surface area contributed by atoms with E-state index in [2.05, 4.69) is 27.9 Å². The first-order chi connectivity index (χ1) is 18.3. The summed E-state index contributed by atoms with van der Waals surface area (Å²) in [4.78, 5) is 26.7. The number of hydrogen-bond acceptors (Lipinski definition) is 6. The fraction of sp³-hybridized carbons (Fsp3) is 0.200. The molecule has 0 saturated carbocycles. The van der Waals surface area contributed by atoms with Crippen LogP contribution < -0.4 is 14.8 Å². The van der Waals surface area contributed by atoms with E-state index in [1.165, 1.54) is 7.11 Å². The average molecular weight is 642 g/mol. The second kappa shape index (κ2) is 10.8. The summed E-state index contributed by atoms with van der Waals surface area (Å²) in [6.07, 6.45) is 0. The summed E-state index contributed by atoms with van der Waals surface area (Å²) in [7, 11) is 1.34. The van der Waals surface area contributed by atoms with Crippen molar-refractivity contribution in [2.45, 2.75) is 26.4 Å². The quantitative estimate of drug-likeness (QED) is 0.230. The molecule has 8 heteroatoms. The van der Waals surface area contributed by atoms with Gasteiger partial charge in [0.15, 0.2) is 17.3 Å². The molecule has 0 fully saturated rings. The number of halogens is 2. The number of nitrogens with one attached hydrogen (secondary N) is 1. The molecule has 1 N–H and O–H groups in total. The number of allylic oxidation sites excluding steroid dienone is 2. The lowest BCUT2D eigenvalue weighted by atomic mass is 9.79. The van der Waals surface area contributed by atoms with Crippen molar-refractivity contribution < 1.29 is 23.8 Å². The molecule has 0 aromatic heterocycles. The standard InChI is InChI=1S/C30H25ClINO5/c1-4-37-23-14-18(13-22(32)29(23)38-15-17-9-5-8-12-21(17)31)25-24(30(35)36-3)16(2)33-27-19-10-6-7-11-20(19)28(34)26(25)27/h5-14,25,33H,4,15H2,1-3H3/t25-/m1/s1. The van der Waals surface area contributed by atoms with Crippen LogP contribution in [0.3, 0.4) is 0 Å². The highest BCUT2D eigenvalue weighted by Crippen LogP contribution is 2.48. The number of fused-ring (bicyclic) bond motifs is 2. The lowest BCUT2D eigenvalue weighted by molar-refractivity contribution is -0.136. The number of Topliss-reactive ketones (excluding diaryl/α,β-unsaturated/α-hetero) is 1. The lowest BCUT2D eigenvalue weighted by Crippen LogP contribution is -2.29. The van der Waals surface area contributed by atoms with E-state index in [0.29, 0.717) is 51.2 Å². The smallest absolute Gasteiger partial charge is 0.336 e. The average Bonchev–Trinajstić information content (AvgIpc) is 3.19. The molecule has 3 aromatic rings. The van der Waals surface area contributed by atoms with Crippen molar-refractivity contribution in [1.82, 2.24) is 5.32 Å². The van der Waals surface area contributed by atoms with Crippen molar-refractivity contribution in [2.75, 3.05) is 13.7 Å². The largest absolute Gasteiger partial charge is 0.490 e. The number of rotatable bonds is 7. The molecule has 0 radical (unpaired) electrons. The number of esters is 1. The highest BCUT2D eigenvalue weighted by molar-refractivity contribution is 14.1. The summed E-state index contributed by atoms with van der Waals surface area (Å²) in [6.45, 7) is 4.39. The highest BCUT2D eigenvalue weighted by atomic mass is 127. The highest BCUT2D eigenvalue weighted by Gasteiger charge is 2.43. The van der Waals surface area contributed by atoms with Gasteiger partial charge in [0.05, 0.1) is 28.6 Å². The first-order valence-corrected chi connectivity index (χ1v) is 13.6. The monoisotopic (exact) mass is 641 g/mol. The van der Waals surface area contributed by atoms with Gasteiger partial charge in [-0.05, 0) is 60.2 Å². The van der Waals surface area contributed by atoms with Crippen LogP contribution in [0.4, 0.5) is 0 Å². The molecule has 0 saturated heterocycles. The molecule has 1 aliphatic carbocycles. The van der Waals surface area contributed by atoms with Crippen LogP contribution in [0.25, 0.3) is 5.70 Å². The minimum atomic E-state index is -0.649. The van der Waals surface area contributed by atoms with Crippen LogP contribution in [0.15, 0.2) is 77.5 Å². The Labute approximate surface area is 239 Å². The van der Waals surface area contributed by atoms with Crippen LogP contribution in [-0.2, 0) is 16.1 Å².